The third-order valence-corrected chi connectivity index (χ3v) is 5.57. The minimum Gasteiger partial charge on any atom is -0.478 e. The van der Waals surface area contributed by atoms with Crippen molar-refractivity contribution in [2.24, 2.45) is 7.05 Å². The fourth-order valence-corrected chi connectivity index (χ4v) is 3.88. The van der Waals surface area contributed by atoms with Crippen molar-refractivity contribution in [1.29, 1.82) is 0 Å². The first-order chi connectivity index (χ1) is 17.0. The molecular weight excluding hydrogens is 448 g/mol. The molecule has 180 valence electrons. The number of pyridine rings is 1. The van der Waals surface area contributed by atoms with Crippen molar-refractivity contribution in [3.8, 4) is 23.0 Å². The van der Waals surface area contributed by atoms with E-state index < -0.39 is 0 Å². The molecule has 0 saturated heterocycles. The zero-order valence-electron chi connectivity index (χ0n) is 20.1. The molecule has 5 aromatic heterocycles. The van der Waals surface area contributed by atoms with Crippen molar-refractivity contribution < 1.29 is 9.47 Å². The van der Waals surface area contributed by atoms with Gasteiger partial charge < -0.3 is 25.1 Å². The first-order valence-corrected chi connectivity index (χ1v) is 11.0. The highest BCUT2D eigenvalue weighted by atomic mass is 16.5. The minimum absolute atomic E-state index is 0.435. The van der Waals surface area contributed by atoms with Crippen LogP contribution in [0.2, 0.25) is 0 Å². The van der Waals surface area contributed by atoms with Crippen LogP contribution in [0.3, 0.4) is 0 Å². The maximum atomic E-state index is 5.42. The molecule has 3 N–H and O–H groups in total. The van der Waals surface area contributed by atoms with E-state index in [1.807, 2.05) is 50.4 Å². The molecular formula is C23H26N10O2. The Hall–Kier alpha value is -4.61. The van der Waals surface area contributed by atoms with Gasteiger partial charge in [-0.05, 0) is 19.4 Å². The predicted molar refractivity (Wildman–Crippen MR) is 133 cm³/mol. The second-order valence-corrected chi connectivity index (χ2v) is 7.92. The molecule has 0 bridgehead atoms. The average Bonchev–Trinajstić information content (AvgIpc) is 3.57. The lowest BCUT2D eigenvalue weighted by Crippen LogP contribution is -2.00. The number of hydrogen-bond acceptors (Lipinski definition) is 9. The molecule has 12 heteroatoms. The number of ether oxygens (including phenoxy) is 2. The average molecular weight is 475 g/mol. The minimum atomic E-state index is 0.435. The van der Waals surface area contributed by atoms with Crippen molar-refractivity contribution >= 4 is 33.9 Å². The molecule has 12 nitrogen and oxygen atoms in total. The molecule has 0 atom stereocenters. The smallest absolute Gasteiger partial charge is 0.256 e. The number of rotatable bonds is 8. The van der Waals surface area contributed by atoms with Crippen LogP contribution in [0.5, 0.6) is 11.8 Å². The highest BCUT2D eigenvalue weighted by molar-refractivity contribution is 6.01. The molecule has 35 heavy (non-hydrogen) atoms. The number of methoxy groups -OCH3 is 2. The van der Waals surface area contributed by atoms with Crippen LogP contribution in [0.1, 0.15) is 12.5 Å². The predicted octanol–water partition coefficient (Wildman–Crippen LogP) is 3.78. The molecule has 0 amide bonds. The number of nitrogens with one attached hydrogen (secondary N) is 3. The number of aromatic amines is 1. The summed E-state index contributed by atoms with van der Waals surface area (Å²) in [6.45, 7) is 4.73. The van der Waals surface area contributed by atoms with Gasteiger partial charge in [0.15, 0.2) is 0 Å². The van der Waals surface area contributed by atoms with Gasteiger partial charge in [0.25, 0.3) is 11.8 Å². The Morgan fingerprint density at radius 3 is 2.51 bits per heavy atom. The van der Waals surface area contributed by atoms with Crippen molar-refractivity contribution in [2.45, 2.75) is 20.4 Å². The Balaban J connectivity index is 1.51. The van der Waals surface area contributed by atoms with E-state index in [-0.39, 0.29) is 0 Å². The van der Waals surface area contributed by atoms with Gasteiger partial charge in [-0.25, -0.2) is 9.97 Å². The number of fused-ring (bicyclic) bond motifs is 1. The second kappa shape index (κ2) is 8.97. The van der Waals surface area contributed by atoms with E-state index in [1.54, 1.807) is 31.3 Å². The molecule has 0 aliphatic rings. The van der Waals surface area contributed by atoms with Crippen LogP contribution in [0, 0.1) is 6.92 Å². The van der Waals surface area contributed by atoms with Crippen LogP contribution in [0.25, 0.3) is 22.2 Å². The van der Waals surface area contributed by atoms with Gasteiger partial charge >= 0.3 is 0 Å². The number of nitrogens with zero attached hydrogens (tertiary/aromatic N) is 7. The van der Waals surface area contributed by atoms with Gasteiger partial charge in [0.05, 0.1) is 49.7 Å². The maximum absolute atomic E-state index is 5.42. The van der Waals surface area contributed by atoms with Gasteiger partial charge in [0.1, 0.15) is 11.4 Å². The number of aryl methyl sites for hydroxylation is 3. The zero-order valence-corrected chi connectivity index (χ0v) is 20.1. The van der Waals surface area contributed by atoms with Crippen LogP contribution >= 0.6 is 0 Å². The number of H-pyrrole nitrogens is 1. The Kier molecular flexibility index (Phi) is 5.69. The molecule has 5 rings (SSSR count). The molecule has 0 spiro atoms. The molecule has 0 saturated carbocycles. The van der Waals surface area contributed by atoms with E-state index in [1.165, 1.54) is 0 Å². The van der Waals surface area contributed by atoms with Gasteiger partial charge in [0, 0.05) is 43.1 Å². The van der Waals surface area contributed by atoms with Gasteiger partial charge in [-0.1, -0.05) is 0 Å². The van der Waals surface area contributed by atoms with Gasteiger partial charge in [0.2, 0.25) is 5.95 Å². The van der Waals surface area contributed by atoms with Crippen LogP contribution < -0.4 is 20.1 Å². The van der Waals surface area contributed by atoms with E-state index in [0.717, 1.165) is 45.6 Å². The zero-order chi connectivity index (χ0) is 24.5. The summed E-state index contributed by atoms with van der Waals surface area (Å²) in [6.07, 6.45) is 11.0. The monoisotopic (exact) mass is 474 g/mol. The number of hydrogen-bond donors (Lipinski definition) is 3. The topological polar surface area (TPSA) is 133 Å². The molecule has 0 radical (unpaired) electrons. The summed E-state index contributed by atoms with van der Waals surface area (Å²) in [5.74, 6) is 1.42. The van der Waals surface area contributed by atoms with E-state index in [0.29, 0.717) is 23.4 Å². The fourth-order valence-electron chi connectivity index (χ4n) is 3.88. The van der Waals surface area contributed by atoms with Gasteiger partial charge in [-0.15, -0.1) is 10.2 Å². The lowest BCUT2D eigenvalue weighted by Gasteiger charge is -2.09. The summed E-state index contributed by atoms with van der Waals surface area (Å²) < 4.78 is 14.2. The summed E-state index contributed by atoms with van der Waals surface area (Å²) in [4.78, 5) is 17.0. The van der Waals surface area contributed by atoms with Crippen molar-refractivity contribution in [3.63, 3.8) is 0 Å². The van der Waals surface area contributed by atoms with Crippen LogP contribution in [-0.4, -0.2) is 53.7 Å². The summed E-state index contributed by atoms with van der Waals surface area (Å²) >= 11 is 0. The molecule has 0 aromatic carbocycles. The van der Waals surface area contributed by atoms with Crippen LogP contribution in [-0.2, 0) is 13.6 Å². The van der Waals surface area contributed by atoms with Crippen LogP contribution in [0.15, 0.2) is 37.2 Å². The molecule has 0 unspecified atom stereocenters. The normalized spacial score (nSPS) is 11.1. The third-order valence-electron chi connectivity index (χ3n) is 5.57. The lowest BCUT2D eigenvalue weighted by molar-refractivity contribution is 0.391. The third kappa shape index (κ3) is 4.09. The first-order valence-electron chi connectivity index (χ1n) is 11.0. The van der Waals surface area contributed by atoms with Crippen molar-refractivity contribution in [2.75, 3.05) is 24.9 Å². The number of aromatic nitrogens is 8. The Morgan fingerprint density at radius 1 is 0.971 bits per heavy atom. The van der Waals surface area contributed by atoms with Crippen LogP contribution in [0.4, 0.5) is 23.0 Å². The highest BCUT2D eigenvalue weighted by Gasteiger charge is 2.17. The molecule has 0 fully saturated rings. The van der Waals surface area contributed by atoms with Crippen molar-refractivity contribution in [3.05, 3.63) is 42.7 Å². The highest BCUT2D eigenvalue weighted by Crippen LogP contribution is 2.35. The maximum Gasteiger partial charge on any atom is 0.256 e. The van der Waals surface area contributed by atoms with Gasteiger partial charge in [-0.2, -0.15) is 0 Å². The summed E-state index contributed by atoms with van der Waals surface area (Å²) in [7, 11) is 4.99. The summed E-state index contributed by atoms with van der Waals surface area (Å²) in [5.41, 5.74) is 5.75. The molecule has 0 aliphatic carbocycles. The number of anilines is 4. The molecule has 5 heterocycles. The quantitative estimate of drug-likeness (QED) is 0.307. The van der Waals surface area contributed by atoms with Gasteiger partial charge in [-0.3, -0.25) is 14.3 Å². The lowest BCUT2D eigenvalue weighted by atomic mass is 10.1. The standard InChI is InChI=1S/C23H26N10O2/c1-6-33-12-18(22(31-33)35-5)27-16-10-24-8-14-15(9-25-20(14)16)19-13(2)7-26-23(29-19)28-17-11-32(3)30-21(17)34-4/h7-12,25,27H,6H2,1-5H3,(H,26,28,29). The first kappa shape index (κ1) is 22.2. The van der Waals surface area contributed by atoms with Crippen molar-refractivity contribution in [1.82, 2.24) is 39.5 Å². The summed E-state index contributed by atoms with van der Waals surface area (Å²) in [5, 5.41) is 16.2. The Labute approximate surface area is 201 Å². The summed E-state index contributed by atoms with van der Waals surface area (Å²) in [6, 6.07) is 0. The van der Waals surface area contributed by atoms with E-state index in [9.17, 15) is 0 Å². The van der Waals surface area contributed by atoms with E-state index in [4.69, 9.17) is 14.5 Å². The Bertz CT molecular complexity index is 1500. The molecule has 0 aliphatic heterocycles. The Morgan fingerprint density at radius 2 is 1.74 bits per heavy atom. The van der Waals surface area contributed by atoms with E-state index in [2.05, 4.69) is 35.8 Å². The van der Waals surface area contributed by atoms with E-state index >= 15 is 0 Å². The fraction of sp³-hybridized carbons (Fsp3) is 0.261. The largest absolute Gasteiger partial charge is 0.478 e. The second-order valence-electron chi connectivity index (χ2n) is 7.92. The SMILES string of the molecule is CCn1cc(Nc2cncc3c(-c4nc(Nc5cn(C)nc5OC)ncc4C)c[nH]c23)c(OC)n1. The molecule has 5 aromatic rings.